The van der Waals surface area contributed by atoms with Gasteiger partial charge in [-0.1, -0.05) is 86.4 Å². The number of nitrogens with zero attached hydrogens (tertiary/aromatic N) is 2. The SMILES string of the molecule is CC.CC(N)=O.CCC(CN(SC1CC1)c1ccccc1F)N1C(=O)COCC1c1ccc(Cl)cc1.Clc1ccccc1. The molecule has 2 amide bonds. The number of nitrogens with two attached hydrogens (primary N) is 1. The fourth-order valence-electron chi connectivity index (χ4n) is 4.21. The van der Waals surface area contributed by atoms with Crippen molar-refractivity contribution in [2.75, 3.05) is 24.1 Å². The molecule has 2 N–H and O–H groups in total. The molecule has 43 heavy (non-hydrogen) atoms. The Balaban J connectivity index is 0.000000416. The second-order valence-corrected chi connectivity index (χ2v) is 11.9. The molecular weight excluding hydrogens is 608 g/mol. The van der Waals surface area contributed by atoms with Crippen LogP contribution in [0.4, 0.5) is 10.1 Å². The Bertz CT molecular complexity index is 1250. The third-order valence-corrected chi connectivity index (χ3v) is 8.15. The molecule has 1 heterocycles. The molecule has 2 fully saturated rings. The molecule has 234 valence electrons. The van der Waals surface area contributed by atoms with Gasteiger partial charge in [0.1, 0.15) is 12.4 Å². The number of carbonyl (C=O) groups excluding carboxylic acids is 2. The zero-order valence-corrected chi connectivity index (χ0v) is 27.5. The summed E-state index contributed by atoms with van der Waals surface area (Å²) in [6, 6.07) is 23.6. The Hall–Kier alpha value is -2.78. The van der Waals surface area contributed by atoms with Crippen LogP contribution in [0.25, 0.3) is 0 Å². The first kappa shape index (κ1) is 36.4. The van der Waals surface area contributed by atoms with Crippen molar-refractivity contribution < 1.29 is 18.7 Å². The summed E-state index contributed by atoms with van der Waals surface area (Å²) in [5.41, 5.74) is 6.05. The van der Waals surface area contributed by atoms with Gasteiger partial charge < -0.3 is 19.7 Å². The lowest BCUT2D eigenvalue weighted by atomic mass is 10.0. The van der Waals surface area contributed by atoms with Gasteiger partial charge in [-0.05, 0) is 73.2 Å². The molecule has 5 rings (SSSR count). The molecule has 3 aromatic rings. The van der Waals surface area contributed by atoms with Gasteiger partial charge in [0, 0.05) is 22.2 Å². The zero-order valence-electron chi connectivity index (χ0n) is 25.2. The van der Waals surface area contributed by atoms with Gasteiger partial charge in [-0.2, -0.15) is 0 Å². The van der Waals surface area contributed by atoms with Crippen molar-refractivity contribution in [3.63, 3.8) is 0 Å². The Morgan fingerprint density at radius 1 is 1.02 bits per heavy atom. The van der Waals surface area contributed by atoms with Crippen LogP contribution in [0.1, 0.15) is 58.6 Å². The van der Waals surface area contributed by atoms with Crippen LogP contribution in [0.15, 0.2) is 78.9 Å². The summed E-state index contributed by atoms with van der Waals surface area (Å²) in [5.74, 6) is -0.596. The number of carbonyl (C=O) groups is 2. The van der Waals surface area contributed by atoms with Crippen LogP contribution < -0.4 is 10.0 Å². The van der Waals surface area contributed by atoms with Crippen molar-refractivity contribution in [3.8, 4) is 0 Å². The van der Waals surface area contributed by atoms with Crippen LogP contribution in [-0.2, 0) is 14.3 Å². The van der Waals surface area contributed by atoms with E-state index in [0.29, 0.717) is 29.1 Å². The van der Waals surface area contributed by atoms with E-state index in [9.17, 15) is 14.0 Å². The van der Waals surface area contributed by atoms with Crippen LogP contribution in [-0.4, -0.2) is 47.8 Å². The number of amides is 2. The Morgan fingerprint density at radius 3 is 2.09 bits per heavy atom. The van der Waals surface area contributed by atoms with Gasteiger partial charge in [0.05, 0.1) is 30.9 Å². The maximum absolute atomic E-state index is 14.6. The predicted octanol–water partition coefficient (Wildman–Crippen LogP) is 8.33. The standard InChI is InChI=1S/C23H26ClFN2O2S.C6H5Cl.C2H5NO.C2H6/c1-2-18(13-26(30-19-11-12-19)21-6-4-3-5-20(21)25)27-22(14-29-15-23(27)28)16-7-9-17(24)10-8-16;7-6-4-2-1-3-5-6;1-2(3)4;1-2/h3-10,18-19,22H,2,11-15H2,1H3;1-5H;1H3,(H2,3,4);1-2H3. The maximum atomic E-state index is 14.6. The molecule has 1 saturated carbocycles. The molecule has 0 radical (unpaired) electrons. The van der Waals surface area contributed by atoms with Crippen LogP contribution in [0.3, 0.4) is 0 Å². The normalized spacial score (nSPS) is 16.3. The van der Waals surface area contributed by atoms with E-state index >= 15 is 0 Å². The molecular formula is C33H42Cl2FN3O3S. The minimum atomic E-state index is -0.333. The molecule has 2 atom stereocenters. The van der Waals surface area contributed by atoms with Gasteiger partial charge in [-0.15, -0.1) is 0 Å². The molecule has 3 aromatic carbocycles. The van der Waals surface area contributed by atoms with Gasteiger partial charge >= 0.3 is 0 Å². The van der Waals surface area contributed by atoms with Gasteiger partial charge in [0.15, 0.2) is 0 Å². The summed E-state index contributed by atoms with van der Waals surface area (Å²) in [5, 5.41) is 1.98. The first-order valence-electron chi connectivity index (χ1n) is 14.5. The zero-order chi connectivity index (χ0) is 31.8. The third kappa shape index (κ3) is 12.8. The molecule has 10 heteroatoms. The van der Waals surface area contributed by atoms with E-state index in [-0.39, 0.29) is 36.3 Å². The first-order valence-corrected chi connectivity index (χ1v) is 16.1. The second-order valence-electron chi connectivity index (χ2n) is 9.67. The molecule has 6 nitrogen and oxygen atoms in total. The van der Waals surface area contributed by atoms with Crippen molar-refractivity contribution in [3.05, 3.63) is 100 Å². The quantitative estimate of drug-likeness (QED) is 0.248. The number of benzene rings is 3. The highest BCUT2D eigenvalue weighted by molar-refractivity contribution is 8.01. The monoisotopic (exact) mass is 649 g/mol. The summed E-state index contributed by atoms with van der Waals surface area (Å²) < 4.78 is 22.2. The highest BCUT2D eigenvalue weighted by Gasteiger charge is 2.37. The predicted molar refractivity (Wildman–Crippen MR) is 178 cm³/mol. The number of rotatable bonds is 8. The van der Waals surface area contributed by atoms with Gasteiger partial charge in [-0.25, -0.2) is 4.39 Å². The molecule has 2 aliphatic rings. The summed E-state index contributed by atoms with van der Waals surface area (Å²) in [6.07, 6.45) is 3.07. The van der Waals surface area contributed by atoms with E-state index in [2.05, 4.69) is 12.7 Å². The Labute approximate surface area is 269 Å². The first-order chi connectivity index (χ1) is 20.7. The number of hydrogen-bond donors (Lipinski definition) is 1. The number of anilines is 1. The number of ether oxygens (including phenoxy) is 1. The average Bonchev–Trinajstić information content (AvgIpc) is 3.82. The van der Waals surface area contributed by atoms with Crippen LogP contribution >= 0.6 is 35.1 Å². The molecule has 0 bridgehead atoms. The van der Waals surface area contributed by atoms with E-state index in [1.165, 1.54) is 13.0 Å². The van der Waals surface area contributed by atoms with E-state index in [0.717, 1.165) is 29.8 Å². The fraction of sp³-hybridized carbons (Fsp3) is 0.394. The summed E-state index contributed by atoms with van der Waals surface area (Å²) in [4.78, 5) is 24.1. The van der Waals surface area contributed by atoms with Gasteiger partial charge in [-0.3, -0.25) is 9.59 Å². The lowest BCUT2D eigenvalue weighted by Crippen LogP contribution is -2.52. The minimum absolute atomic E-state index is 0.0297. The smallest absolute Gasteiger partial charge is 0.249 e. The largest absolute Gasteiger partial charge is 0.370 e. The van der Waals surface area contributed by atoms with Gasteiger partial charge in [0.2, 0.25) is 11.8 Å². The van der Waals surface area contributed by atoms with Gasteiger partial charge in [0.25, 0.3) is 0 Å². The van der Waals surface area contributed by atoms with Crippen molar-refractivity contribution >= 4 is 52.7 Å². The number of halogens is 3. The topological polar surface area (TPSA) is 75.9 Å². The minimum Gasteiger partial charge on any atom is -0.370 e. The molecule has 1 saturated heterocycles. The van der Waals surface area contributed by atoms with Crippen molar-refractivity contribution in [2.45, 2.75) is 64.3 Å². The van der Waals surface area contributed by atoms with E-state index < -0.39 is 0 Å². The molecule has 2 unspecified atom stereocenters. The number of para-hydroxylation sites is 1. The van der Waals surface area contributed by atoms with Crippen molar-refractivity contribution in [1.29, 1.82) is 0 Å². The summed E-state index contributed by atoms with van der Waals surface area (Å²) >= 11 is 13.3. The lowest BCUT2D eigenvalue weighted by molar-refractivity contribution is -0.152. The molecule has 0 spiro atoms. The average molecular weight is 651 g/mol. The lowest BCUT2D eigenvalue weighted by Gasteiger charge is -2.42. The number of hydrogen-bond acceptors (Lipinski definition) is 5. The fourth-order valence-corrected chi connectivity index (χ4v) is 5.71. The van der Waals surface area contributed by atoms with E-state index in [1.807, 2.05) is 89.8 Å². The molecule has 1 aliphatic heterocycles. The van der Waals surface area contributed by atoms with E-state index in [4.69, 9.17) is 27.9 Å². The highest BCUT2D eigenvalue weighted by atomic mass is 35.5. The second kappa shape index (κ2) is 19.5. The maximum Gasteiger partial charge on any atom is 0.249 e. The number of primary amides is 1. The van der Waals surface area contributed by atoms with Crippen LogP contribution in [0, 0.1) is 5.82 Å². The van der Waals surface area contributed by atoms with Crippen LogP contribution in [0.5, 0.6) is 0 Å². The van der Waals surface area contributed by atoms with E-state index in [1.54, 1.807) is 18.0 Å². The third-order valence-electron chi connectivity index (χ3n) is 6.28. The van der Waals surface area contributed by atoms with Crippen molar-refractivity contribution in [2.24, 2.45) is 5.73 Å². The number of morpholine rings is 1. The van der Waals surface area contributed by atoms with Crippen LogP contribution in [0.2, 0.25) is 10.0 Å². The van der Waals surface area contributed by atoms with Crippen molar-refractivity contribution in [1.82, 2.24) is 4.90 Å². The molecule has 1 aliphatic carbocycles. The Morgan fingerprint density at radius 2 is 1.58 bits per heavy atom. The Kier molecular flexibility index (Phi) is 16.5. The highest BCUT2D eigenvalue weighted by Crippen LogP contribution is 2.40. The summed E-state index contributed by atoms with van der Waals surface area (Å²) in [6.45, 7) is 8.47. The molecule has 0 aromatic heterocycles. The summed E-state index contributed by atoms with van der Waals surface area (Å²) in [7, 11) is 0.